The van der Waals surface area contributed by atoms with Gasteiger partial charge in [-0.05, 0) is 23.8 Å². The maximum atomic E-state index is 13.6. The van der Waals surface area contributed by atoms with Gasteiger partial charge in [0, 0.05) is 27.7 Å². The van der Waals surface area contributed by atoms with Crippen LogP contribution in [0.2, 0.25) is 0 Å². The van der Waals surface area contributed by atoms with E-state index in [2.05, 4.69) is 0 Å². The van der Waals surface area contributed by atoms with Crippen LogP contribution in [-0.2, 0) is 47.7 Å². The average molecular weight is 582 g/mol. The van der Waals surface area contributed by atoms with Gasteiger partial charge >= 0.3 is 23.9 Å². The number of carbonyl (C=O) groups excluding carboxylic acids is 5. The van der Waals surface area contributed by atoms with Gasteiger partial charge in [-0.3, -0.25) is 28.9 Å². The van der Waals surface area contributed by atoms with Gasteiger partial charge in [-0.1, -0.05) is 36.1 Å². The molecule has 0 radical (unpaired) electrons. The molecule has 39 heavy (non-hydrogen) atoms. The second-order valence-electron chi connectivity index (χ2n) is 8.41. The molecule has 2 fully saturated rings. The van der Waals surface area contributed by atoms with E-state index in [1.807, 2.05) is 0 Å². The topological polar surface area (TPSA) is 144 Å². The zero-order valence-electron chi connectivity index (χ0n) is 21.7. The zero-order valence-corrected chi connectivity index (χ0v) is 23.4. The van der Waals surface area contributed by atoms with Gasteiger partial charge in [0.15, 0.2) is 28.9 Å². The SMILES string of the molecule is COc1ccc(C=C2SC(=S)N(C3OC(COC(C)=O)C(OC(C)=O)C(OC(C)=O)C3OC(C)=O)C2=O)cc1. The molecule has 2 heterocycles. The zero-order chi connectivity index (χ0) is 28.9. The van der Waals surface area contributed by atoms with Crippen molar-refractivity contribution in [3.8, 4) is 5.75 Å². The van der Waals surface area contributed by atoms with Gasteiger partial charge in [-0.2, -0.15) is 0 Å². The standard InChI is InChI=1S/C25H27NO11S2/c1-12(27)33-11-18-20(34-13(2)28)21(35-14(3)29)22(36-15(4)30)24(37-18)26-23(31)19(39-25(26)38)10-16-6-8-17(32-5)9-7-16/h6-10,18,20-22,24H,11H2,1-5H3. The molecule has 0 saturated carbocycles. The van der Waals surface area contributed by atoms with E-state index in [-0.39, 0.29) is 9.23 Å². The summed E-state index contributed by atoms with van der Waals surface area (Å²) in [5.74, 6) is -2.92. The van der Waals surface area contributed by atoms with E-state index in [0.29, 0.717) is 11.3 Å². The van der Waals surface area contributed by atoms with E-state index >= 15 is 0 Å². The molecule has 5 unspecified atom stereocenters. The van der Waals surface area contributed by atoms with Gasteiger partial charge in [0.2, 0.25) is 0 Å². The summed E-state index contributed by atoms with van der Waals surface area (Å²) in [5.41, 5.74) is 0.692. The van der Waals surface area contributed by atoms with Crippen molar-refractivity contribution < 1.29 is 52.4 Å². The third-order valence-corrected chi connectivity index (χ3v) is 6.79. The molecule has 2 aliphatic rings. The monoisotopic (exact) mass is 581 g/mol. The smallest absolute Gasteiger partial charge is 0.303 e. The van der Waals surface area contributed by atoms with Crippen LogP contribution in [0.5, 0.6) is 5.75 Å². The summed E-state index contributed by atoms with van der Waals surface area (Å²) in [5, 5.41) is 0. The predicted molar refractivity (Wildman–Crippen MR) is 140 cm³/mol. The molecule has 2 saturated heterocycles. The molecule has 0 aliphatic carbocycles. The van der Waals surface area contributed by atoms with E-state index < -0.39 is 67.0 Å². The normalized spacial score (nSPS) is 25.7. The molecule has 0 bridgehead atoms. The van der Waals surface area contributed by atoms with E-state index in [4.69, 9.17) is 40.6 Å². The fourth-order valence-corrected chi connectivity index (χ4v) is 5.27. The van der Waals surface area contributed by atoms with Crippen molar-refractivity contribution in [1.29, 1.82) is 0 Å². The number of nitrogens with zero attached hydrogens (tertiary/aromatic N) is 1. The number of ether oxygens (including phenoxy) is 6. The molecule has 0 aromatic heterocycles. The summed E-state index contributed by atoms with van der Waals surface area (Å²) < 4.78 is 32.6. The fraction of sp³-hybridized carbons (Fsp3) is 0.440. The summed E-state index contributed by atoms with van der Waals surface area (Å²) in [6.07, 6.45) is -5.24. The van der Waals surface area contributed by atoms with Gasteiger partial charge in [0.25, 0.3) is 5.91 Å². The van der Waals surface area contributed by atoms with E-state index in [1.165, 1.54) is 14.0 Å². The third-order valence-electron chi connectivity index (χ3n) is 5.46. The first kappa shape index (κ1) is 30.1. The molecule has 210 valence electrons. The number of hydrogen-bond acceptors (Lipinski definition) is 13. The van der Waals surface area contributed by atoms with Crippen molar-refractivity contribution in [2.75, 3.05) is 13.7 Å². The Bertz CT molecular complexity index is 1180. The highest BCUT2D eigenvalue weighted by molar-refractivity contribution is 8.26. The Labute approximate surface area is 233 Å². The molecule has 0 spiro atoms. The first-order valence-electron chi connectivity index (χ1n) is 11.6. The lowest BCUT2D eigenvalue weighted by Gasteiger charge is -2.46. The Kier molecular flexibility index (Phi) is 10.1. The second kappa shape index (κ2) is 13.0. The van der Waals surface area contributed by atoms with Crippen molar-refractivity contribution in [3.05, 3.63) is 34.7 Å². The van der Waals surface area contributed by atoms with Crippen LogP contribution in [-0.4, -0.2) is 83.4 Å². The van der Waals surface area contributed by atoms with Crippen molar-refractivity contribution in [3.63, 3.8) is 0 Å². The number of carbonyl (C=O) groups is 5. The molecule has 0 N–H and O–H groups in total. The Morgan fingerprint density at radius 1 is 0.923 bits per heavy atom. The number of methoxy groups -OCH3 is 1. The van der Waals surface area contributed by atoms with Crippen molar-refractivity contribution >= 4 is 64.2 Å². The first-order chi connectivity index (χ1) is 18.4. The van der Waals surface area contributed by atoms with Gasteiger partial charge in [0.05, 0.1) is 12.0 Å². The van der Waals surface area contributed by atoms with Crippen LogP contribution in [0.3, 0.4) is 0 Å². The third kappa shape index (κ3) is 7.55. The van der Waals surface area contributed by atoms with Crippen LogP contribution in [0, 0.1) is 0 Å². The summed E-state index contributed by atoms with van der Waals surface area (Å²) in [6, 6.07) is 6.96. The minimum absolute atomic E-state index is 0.0701. The molecule has 14 heteroatoms. The fourth-order valence-electron chi connectivity index (χ4n) is 3.96. The minimum atomic E-state index is -1.45. The van der Waals surface area contributed by atoms with E-state index in [1.54, 1.807) is 30.3 Å². The number of hydrogen-bond donors (Lipinski definition) is 0. The Balaban J connectivity index is 2.03. The average Bonchev–Trinajstić information content (AvgIpc) is 3.12. The Hall–Kier alpha value is -3.49. The minimum Gasteiger partial charge on any atom is -0.497 e. The van der Waals surface area contributed by atoms with Crippen molar-refractivity contribution in [2.24, 2.45) is 0 Å². The van der Waals surface area contributed by atoms with Crippen LogP contribution in [0.15, 0.2) is 29.2 Å². The molecule has 2 aliphatic heterocycles. The molecule has 5 atom stereocenters. The van der Waals surface area contributed by atoms with Gasteiger partial charge < -0.3 is 28.4 Å². The highest BCUT2D eigenvalue weighted by atomic mass is 32.2. The van der Waals surface area contributed by atoms with Crippen LogP contribution in [0.25, 0.3) is 6.08 Å². The quantitative estimate of drug-likeness (QED) is 0.191. The van der Waals surface area contributed by atoms with Gasteiger partial charge in [-0.15, -0.1) is 0 Å². The highest BCUT2D eigenvalue weighted by Crippen LogP contribution is 2.39. The van der Waals surface area contributed by atoms with Gasteiger partial charge in [-0.25, -0.2) is 0 Å². The number of benzene rings is 1. The van der Waals surface area contributed by atoms with E-state index in [9.17, 15) is 24.0 Å². The lowest BCUT2D eigenvalue weighted by Crippen LogP contribution is -2.66. The number of rotatable bonds is 8. The Morgan fingerprint density at radius 2 is 1.49 bits per heavy atom. The van der Waals surface area contributed by atoms with Crippen LogP contribution in [0.1, 0.15) is 33.3 Å². The summed E-state index contributed by atoms with van der Waals surface area (Å²) in [4.78, 5) is 62.5. The summed E-state index contributed by atoms with van der Waals surface area (Å²) >= 11 is 6.46. The number of amides is 1. The number of esters is 4. The molecule has 3 rings (SSSR count). The lowest BCUT2D eigenvalue weighted by molar-refractivity contribution is -0.268. The maximum absolute atomic E-state index is 13.6. The maximum Gasteiger partial charge on any atom is 0.303 e. The number of thioether (sulfide) groups is 1. The molecular formula is C25H27NO11S2. The number of thiocarbonyl (C=S) groups is 1. The lowest BCUT2D eigenvalue weighted by atomic mass is 9.96. The van der Waals surface area contributed by atoms with Gasteiger partial charge in [0.1, 0.15) is 18.5 Å². The van der Waals surface area contributed by atoms with Crippen molar-refractivity contribution in [2.45, 2.75) is 58.3 Å². The second-order valence-corrected chi connectivity index (χ2v) is 10.1. The summed E-state index contributed by atoms with van der Waals surface area (Å²) in [6.45, 7) is 4.08. The highest BCUT2D eigenvalue weighted by Gasteiger charge is 2.56. The van der Waals surface area contributed by atoms with E-state index in [0.717, 1.165) is 37.4 Å². The largest absolute Gasteiger partial charge is 0.497 e. The molecule has 12 nitrogen and oxygen atoms in total. The van der Waals surface area contributed by atoms with Crippen LogP contribution >= 0.6 is 24.0 Å². The Morgan fingerprint density at radius 3 is 2.03 bits per heavy atom. The molecule has 1 aromatic carbocycles. The summed E-state index contributed by atoms with van der Waals surface area (Å²) in [7, 11) is 1.54. The van der Waals surface area contributed by atoms with Crippen molar-refractivity contribution in [1.82, 2.24) is 4.90 Å². The van der Waals surface area contributed by atoms with Crippen LogP contribution in [0.4, 0.5) is 0 Å². The van der Waals surface area contributed by atoms with Crippen LogP contribution < -0.4 is 4.74 Å². The predicted octanol–water partition coefficient (Wildman–Crippen LogP) is 1.98. The molecular weight excluding hydrogens is 554 g/mol. The molecule has 1 aromatic rings. The first-order valence-corrected chi connectivity index (χ1v) is 12.8. The molecule has 1 amide bonds.